The van der Waals surface area contributed by atoms with Crippen LogP contribution in [0.2, 0.25) is 5.02 Å². The minimum Gasteiger partial charge on any atom is -0.492 e. The fraction of sp³-hybridized carbons (Fsp3) is 0.179. The van der Waals surface area contributed by atoms with Crippen molar-refractivity contribution in [1.29, 1.82) is 5.26 Å². The lowest BCUT2D eigenvalue weighted by Crippen LogP contribution is -2.41. The lowest BCUT2D eigenvalue weighted by atomic mass is 9.94. The summed E-state index contributed by atoms with van der Waals surface area (Å²) in [5.74, 6) is -4.07. The van der Waals surface area contributed by atoms with Gasteiger partial charge in [-0.05, 0) is 47.5 Å². The van der Waals surface area contributed by atoms with E-state index in [1.165, 1.54) is 11.0 Å². The maximum atomic E-state index is 14.1. The Morgan fingerprint density at radius 1 is 1.05 bits per heavy atom. The van der Waals surface area contributed by atoms with Crippen LogP contribution >= 0.6 is 11.6 Å². The van der Waals surface area contributed by atoms with E-state index in [4.69, 9.17) is 16.3 Å². The fourth-order valence-electron chi connectivity index (χ4n) is 5.05. The number of nitriles is 1. The van der Waals surface area contributed by atoms with Crippen LogP contribution in [0.15, 0.2) is 52.3 Å². The van der Waals surface area contributed by atoms with E-state index in [2.05, 4.69) is 16.2 Å². The van der Waals surface area contributed by atoms with Gasteiger partial charge in [-0.3, -0.25) is 18.6 Å². The Bertz CT molecular complexity index is 2040. The van der Waals surface area contributed by atoms with E-state index in [0.717, 1.165) is 21.3 Å². The highest BCUT2D eigenvalue weighted by atomic mass is 35.5. The molecule has 2 aromatic heterocycles. The molecule has 3 aromatic carbocycles. The first-order valence-corrected chi connectivity index (χ1v) is 12.7. The van der Waals surface area contributed by atoms with Crippen molar-refractivity contribution in [2.75, 3.05) is 6.61 Å². The van der Waals surface area contributed by atoms with Gasteiger partial charge >= 0.3 is 5.69 Å². The highest BCUT2D eigenvalue weighted by Gasteiger charge is 2.28. The van der Waals surface area contributed by atoms with Gasteiger partial charge < -0.3 is 4.74 Å². The number of aromatic nitrogens is 5. The second-order valence-corrected chi connectivity index (χ2v) is 9.91. The molecule has 0 aliphatic carbocycles. The van der Waals surface area contributed by atoms with E-state index in [-0.39, 0.29) is 41.2 Å². The molecule has 3 heterocycles. The first-order chi connectivity index (χ1) is 19.7. The van der Waals surface area contributed by atoms with Crippen molar-refractivity contribution in [3.63, 3.8) is 0 Å². The smallest absolute Gasteiger partial charge is 0.332 e. The van der Waals surface area contributed by atoms with Crippen LogP contribution < -0.4 is 16.0 Å². The molecule has 9 nitrogen and oxygen atoms in total. The molecule has 0 amide bonds. The van der Waals surface area contributed by atoms with Crippen LogP contribution in [-0.2, 0) is 26.6 Å². The SMILES string of the molecule is Cn1cnc(Cn2c(=O)c3c4c(c(-c5cc(C#N)ccc5Cl)cc3n(Cc3cc(F)c(F)c(F)c3)c2=O)CCO4)n1. The number of halogens is 4. The van der Waals surface area contributed by atoms with Gasteiger partial charge in [0.2, 0.25) is 0 Å². The summed E-state index contributed by atoms with van der Waals surface area (Å²) < 4.78 is 51.4. The molecule has 0 spiro atoms. The molecule has 0 fully saturated rings. The van der Waals surface area contributed by atoms with Crippen LogP contribution in [0.3, 0.4) is 0 Å². The lowest BCUT2D eigenvalue weighted by molar-refractivity contribution is 0.359. The van der Waals surface area contributed by atoms with Crippen LogP contribution in [0.4, 0.5) is 13.2 Å². The van der Waals surface area contributed by atoms with E-state index >= 15 is 0 Å². The first kappa shape index (κ1) is 26.3. The number of ether oxygens (including phenoxy) is 1. The molecular weight excluding hydrogens is 561 g/mol. The van der Waals surface area contributed by atoms with E-state index < -0.39 is 35.2 Å². The Labute approximate surface area is 234 Å². The Hall–Kier alpha value is -4.89. The summed E-state index contributed by atoms with van der Waals surface area (Å²) in [5, 5.41) is 14.0. The zero-order valence-corrected chi connectivity index (χ0v) is 22.0. The van der Waals surface area contributed by atoms with E-state index in [1.54, 1.807) is 31.3 Å². The molecule has 6 rings (SSSR count). The van der Waals surface area contributed by atoms with Gasteiger partial charge in [-0.2, -0.15) is 10.4 Å². The summed E-state index contributed by atoms with van der Waals surface area (Å²) in [6.07, 6.45) is 1.83. The van der Waals surface area contributed by atoms with Gasteiger partial charge in [0.15, 0.2) is 23.3 Å². The van der Waals surface area contributed by atoms with Gasteiger partial charge in [-0.1, -0.05) is 11.6 Å². The molecule has 0 unspecified atom stereocenters. The quantitative estimate of drug-likeness (QED) is 0.293. The third-order valence-corrected chi connectivity index (χ3v) is 7.22. The topological polar surface area (TPSA) is 108 Å². The van der Waals surface area contributed by atoms with Crippen molar-refractivity contribution in [1.82, 2.24) is 23.9 Å². The third-order valence-electron chi connectivity index (χ3n) is 6.89. The zero-order chi connectivity index (χ0) is 29.0. The Morgan fingerprint density at radius 3 is 2.49 bits per heavy atom. The standard InChI is InChI=1S/C28H18ClF3N6O3/c1-36-13-34-23(35-36)12-38-27(39)24-22(37(28(38)40)11-15-7-20(30)25(32)21(31)8-15)9-17(16-4-5-41-26(16)24)18-6-14(10-33)2-3-19(18)29/h2-3,6-9,13H,4-5,11-12H2,1H3. The molecule has 0 saturated heterocycles. The fourth-order valence-corrected chi connectivity index (χ4v) is 5.27. The second kappa shape index (κ2) is 9.94. The molecule has 0 radical (unpaired) electrons. The summed E-state index contributed by atoms with van der Waals surface area (Å²) >= 11 is 6.52. The summed E-state index contributed by atoms with van der Waals surface area (Å²) in [6, 6.07) is 9.92. The highest BCUT2D eigenvalue weighted by Crippen LogP contribution is 2.42. The lowest BCUT2D eigenvalue weighted by Gasteiger charge is -2.18. The summed E-state index contributed by atoms with van der Waals surface area (Å²) in [7, 11) is 1.63. The van der Waals surface area contributed by atoms with E-state index in [0.29, 0.717) is 33.7 Å². The third kappa shape index (κ3) is 4.44. The van der Waals surface area contributed by atoms with Gasteiger partial charge in [0.1, 0.15) is 17.5 Å². The van der Waals surface area contributed by atoms with E-state index in [1.807, 2.05) is 0 Å². The maximum Gasteiger partial charge on any atom is 0.332 e. The van der Waals surface area contributed by atoms with Crippen molar-refractivity contribution < 1.29 is 17.9 Å². The van der Waals surface area contributed by atoms with Crippen LogP contribution in [0.1, 0.15) is 22.5 Å². The van der Waals surface area contributed by atoms with E-state index in [9.17, 15) is 28.0 Å². The molecule has 0 atom stereocenters. The molecule has 13 heteroatoms. The number of aryl methyl sites for hydroxylation is 1. The van der Waals surface area contributed by atoms with Gasteiger partial charge in [0.05, 0.1) is 36.8 Å². The van der Waals surface area contributed by atoms with Crippen molar-refractivity contribution in [3.8, 4) is 22.9 Å². The van der Waals surface area contributed by atoms with Crippen LogP contribution in [0.5, 0.6) is 5.75 Å². The Morgan fingerprint density at radius 2 is 1.80 bits per heavy atom. The number of benzene rings is 3. The molecule has 206 valence electrons. The minimum atomic E-state index is -1.64. The van der Waals surface area contributed by atoms with Gasteiger partial charge in [-0.15, -0.1) is 0 Å². The van der Waals surface area contributed by atoms with Gasteiger partial charge in [-0.25, -0.2) is 22.9 Å². The summed E-state index contributed by atoms with van der Waals surface area (Å²) in [4.78, 5) is 31.8. The highest BCUT2D eigenvalue weighted by molar-refractivity contribution is 6.33. The largest absolute Gasteiger partial charge is 0.492 e. The predicted octanol–water partition coefficient (Wildman–Crippen LogP) is 3.93. The summed E-state index contributed by atoms with van der Waals surface area (Å²) in [5.41, 5.74) is 0.549. The predicted molar refractivity (Wildman–Crippen MR) is 142 cm³/mol. The molecule has 0 bridgehead atoms. The second-order valence-electron chi connectivity index (χ2n) is 9.50. The van der Waals surface area contributed by atoms with Gasteiger partial charge in [0.25, 0.3) is 5.56 Å². The number of rotatable bonds is 5. The van der Waals surface area contributed by atoms with Crippen LogP contribution in [0, 0.1) is 28.8 Å². The normalized spacial score (nSPS) is 12.4. The van der Waals surface area contributed by atoms with Crippen molar-refractivity contribution in [2.45, 2.75) is 19.5 Å². The van der Waals surface area contributed by atoms with Crippen LogP contribution in [0.25, 0.3) is 22.0 Å². The molecule has 41 heavy (non-hydrogen) atoms. The van der Waals surface area contributed by atoms with Crippen LogP contribution in [-0.4, -0.2) is 30.5 Å². The summed E-state index contributed by atoms with van der Waals surface area (Å²) in [6.45, 7) is -0.456. The first-order valence-electron chi connectivity index (χ1n) is 12.3. The average Bonchev–Trinajstić information content (AvgIpc) is 3.60. The van der Waals surface area contributed by atoms with Crippen molar-refractivity contribution in [2.24, 2.45) is 7.05 Å². The molecule has 1 aliphatic rings. The Kier molecular flexibility index (Phi) is 6.38. The zero-order valence-electron chi connectivity index (χ0n) is 21.3. The number of nitrogens with zero attached hydrogens (tertiary/aromatic N) is 6. The monoisotopic (exact) mass is 578 g/mol. The minimum absolute atomic E-state index is 0.0570. The number of hydrogen-bond donors (Lipinski definition) is 0. The van der Waals surface area contributed by atoms with Crippen molar-refractivity contribution >= 4 is 22.5 Å². The molecule has 0 N–H and O–H groups in total. The number of hydrogen-bond acceptors (Lipinski definition) is 6. The molecule has 0 saturated carbocycles. The molecule has 5 aromatic rings. The van der Waals surface area contributed by atoms with Crippen molar-refractivity contribution in [3.05, 3.63) is 109 Å². The molecule has 1 aliphatic heterocycles. The average molecular weight is 579 g/mol. The Balaban J connectivity index is 1.68. The van der Waals surface area contributed by atoms with Gasteiger partial charge in [0, 0.05) is 29.6 Å². The maximum absolute atomic E-state index is 14.1. The number of fused-ring (bicyclic) bond motifs is 3. The molecular formula is C28H18ClF3N6O3.